The molecule has 5 aliphatic heterocycles. The van der Waals surface area contributed by atoms with Gasteiger partial charge in [0.1, 0.15) is 85.9 Å². The number of carbonyl (C=O) groups excluding carboxylic acids is 1. The number of aliphatic hydroxyl groups excluding tert-OH is 1. The van der Waals surface area contributed by atoms with E-state index < -0.39 is 190 Å². The number of halogens is 1. The lowest BCUT2D eigenvalue weighted by atomic mass is 9.89. The highest BCUT2D eigenvalue weighted by Crippen LogP contribution is 2.58. The Morgan fingerprint density at radius 2 is 1.21 bits per heavy atom. The van der Waals surface area contributed by atoms with Gasteiger partial charge in [0, 0.05) is 76.9 Å². The van der Waals surface area contributed by atoms with E-state index in [1.807, 2.05) is 13.8 Å². The first-order valence-corrected chi connectivity index (χ1v) is 49.0. The van der Waals surface area contributed by atoms with Crippen molar-refractivity contribution in [3.8, 4) is 0 Å². The molecule has 5 aliphatic rings. The van der Waals surface area contributed by atoms with Gasteiger partial charge in [0.25, 0.3) is 16.7 Å². The number of hydrogen-bond donors (Lipinski definition) is 9. The van der Waals surface area contributed by atoms with Crippen molar-refractivity contribution in [1.29, 1.82) is 0 Å². The van der Waals surface area contributed by atoms with Crippen molar-refractivity contribution in [2.24, 2.45) is 17.6 Å². The van der Waals surface area contributed by atoms with Gasteiger partial charge < -0.3 is 151 Å². The molecule has 11 heterocycles. The van der Waals surface area contributed by atoms with Crippen LogP contribution >= 0.6 is 41.9 Å². The number of ether oxygens (including phenoxy) is 10. The van der Waals surface area contributed by atoms with Crippen molar-refractivity contribution in [3.05, 3.63) is 126 Å². The Morgan fingerprint density at radius 1 is 0.642 bits per heavy atom. The molecule has 6 aromatic rings. The molecule has 0 aromatic carbocycles. The first-order chi connectivity index (χ1) is 57.0. The molecule has 0 saturated carbocycles. The van der Waals surface area contributed by atoms with E-state index in [4.69, 9.17) is 171 Å². The number of aliphatic hydroxyl groups is 1. The number of methoxy groups -OCH3 is 2. The number of hydrogen-bond acceptors (Lipinski definition) is 43. The number of carbonyl (C=O) groups is 1. The number of anilines is 3. The van der Waals surface area contributed by atoms with Gasteiger partial charge in [-0.1, -0.05) is 37.5 Å². The van der Waals surface area contributed by atoms with E-state index in [0.717, 1.165) is 19.9 Å². The third kappa shape index (κ3) is 24.5. The van der Waals surface area contributed by atoms with E-state index in [2.05, 4.69) is 56.1 Å². The van der Waals surface area contributed by atoms with Crippen LogP contribution in [0.1, 0.15) is 76.2 Å². The molecule has 1 amide bonds. The van der Waals surface area contributed by atoms with Gasteiger partial charge >= 0.3 is 29.5 Å². The van der Waals surface area contributed by atoms with E-state index in [0.29, 0.717) is 19.6 Å². The molecule has 666 valence electrons. The topological polar surface area (TPSA) is 612 Å². The number of nitrogens with zero attached hydrogens (tertiary/aromatic N) is 9. The van der Waals surface area contributed by atoms with Crippen molar-refractivity contribution in [2.75, 3.05) is 124 Å². The maximum Gasteiger partial charge on any atom is 0.351 e. The summed E-state index contributed by atoms with van der Waals surface area (Å²) in [6.45, 7) is -10.6. The highest BCUT2D eigenvalue weighted by Gasteiger charge is 2.52. The molecule has 5 fully saturated rings. The molecular formula is C63H89BrN17O30P4S5-3. The fraction of sp³-hybridized carbons (Fsp3) is 0.651. The zero-order valence-corrected chi connectivity index (χ0v) is 73.7. The van der Waals surface area contributed by atoms with Gasteiger partial charge in [-0.05, 0) is 65.0 Å². The lowest BCUT2D eigenvalue weighted by molar-refractivity contribution is -0.218. The second-order valence-corrected chi connectivity index (χ2v) is 41.8. The fourth-order valence-electron chi connectivity index (χ4n) is 13.5. The number of nitrogen functional groups attached to an aromatic ring is 3. The number of H-pyrrole nitrogens is 3. The molecule has 0 bridgehead atoms. The van der Waals surface area contributed by atoms with Gasteiger partial charge in [0.2, 0.25) is 11.9 Å². The second-order valence-electron chi connectivity index (χ2n) is 27.7. The molecule has 0 spiro atoms. The van der Waals surface area contributed by atoms with E-state index >= 15 is 0 Å². The van der Waals surface area contributed by atoms with Gasteiger partial charge in [0.05, 0.1) is 114 Å². The minimum Gasteiger partial charge on any atom is -0.780 e. The monoisotopic (exact) mass is 1930 g/mol. The summed E-state index contributed by atoms with van der Waals surface area (Å²) >= 11 is 32.2. The summed E-state index contributed by atoms with van der Waals surface area (Å²) in [6, 6.07) is 2.72. The summed E-state index contributed by atoms with van der Waals surface area (Å²) in [4.78, 5) is 141. The zero-order valence-electron chi connectivity index (χ0n) is 64.5. The van der Waals surface area contributed by atoms with Crippen LogP contribution < -0.4 is 72.6 Å². The maximum atomic E-state index is 15.0. The first-order valence-electron chi connectivity index (χ1n) is 36.9. The minimum atomic E-state index is -5.00. The molecule has 6 aromatic heterocycles. The lowest BCUT2D eigenvalue weighted by Crippen LogP contribution is -2.41. The summed E-state index contributed by atoms with van der Waals surface area (Å²) in [5, 5.41) is 13.2. The number of fused-ring (bicyclic) bond motifs is 1. The van der Waals surface area contributed by atoms with Gasteiger partial charge in [-0.3, -0.25) is 61.5 Å². The van der Waals surface area contributed by atoms with E-state index in [1.54, 1.807) is 0 Å². The van der Waals surface area contributed by atoms with E-state index in [9.17, 15) is 52.9 Å². The Morgan fingerprint density at radius 3 is 1.87 bits per heavy atom. The third-order valence-corrected chi connectivity index (χ3v) is 27.4. The number of aromatic nitrogens is 12. The average Bonchev–Trinajstić information content (AvgIpc) is 1.63. The highest BCUT2D eigenvalue weighted by molar-refractivity contribution is 9.10. The smallest absolute Gasteiger partial charge is 0.351 e. The maximum absolute atomic E-state index is 15.0. The van der Waals surface area contributed by atoms with Crippen LogP contribution in [-0.2, 0) is 157 Å². The van der Waals surface area contributed by atoms with Crippen molar-refractivity contribution in [2.45, 2.75) is 145 Å². The van der Waals surface area contributed by atoms with Crippen molar-refractivity contribution < 1.29 is 107 Å². The van der Waals surface area contributed by atoms with Crippen LogP contribution in [0, 0.1) is 18.8 Å². The number of imidazole rings is 1. The quantitative estimate of drug-likeness (QED) is 0.0124. The van der Waals surface area contributed by atoms with Crippen LogP contribution in [0.3, 0.4) is 0 Å². The Kier molecular flexibility index (Phi) is 33.7. The van der Waals surface area contributed by atoms with Crippen LogP contribution in [0.5, 0.6) is 0 Å². The molecule has 13 N–H and O–H groups in total. The Balaban J connectivity index is 0.820. The Bertz CT molecular complexity index is 5210. The molecule has 57 heteroatoms. The zero-order chi connectivity index (χ0) is 86.7. The molecular weight excluding hydrogens is 1840 g/mol. The summed E-state index contributed by atoms with van der Waals surface area (Å²) in [7, 11) is 2.37. The number of aryl methyl sites for hydroxylation is 1. The standard InChI is InChI=1S/C63H92BrN17O30P4S5/c1-31(2)33-20-45(77-11-6-42(66)71-60(77)87)103-38(33)26-101-114(118,98-19-18-97-17-16-96-15-10-69-44(83)8-13-95-14-9-65)108-35-21-46(79-23-32(3)54(84)75-62(79)89)104-40(35)28-102-115(119,120)109-36-22-47(81-30-70-48-53(81)73-59(68)74-56(48)86)105-39(36)27-99-112(91,116)111-50-41(107-57(52(50)94-5)78-12-7-43(67)72-61(78)88)29-100-113(92,117)110-49-37(25-82)106-58(51(49)93-4)80-24-34(64)55(85)76-63(80)90/h6-7,11-12,23-24,30-31,33,35-41,45-47,49-52,57-58,82H,8-10,13-22,25-29,65H2,1-5H3,(H,69,83)(H,91,116)(H,92,117)(H,119,120)(H2,66,71,87)(H2,67,72,88)(H,75,84,89)(H,76,85,90)(H3,68,73,74,86)/p-3/t33?,35?,36?,37-,38-,39-,40-,41-,45-,46-,47-,49?,50?,51+,52+,57-,58-,112?,113?,114?/m1/s1. The normalized spacial score (nSPS) is 27.8. The summed E-state index contributed by atoms with van der Waals surface area (Å²) in [5.41, 5.74) is 13.3. The number of nitrogens with two attached hydrogens (primary N) is 4. The molecule has 0 aliphatic carbocycles. The molecule has 47 nitrogen and oxygen atoms in total. The predicted octanol–water partition coefficient (Wildman–Crippen LogP) is -1.12. The summed E-state index contributed by atoms with van der Waals surface area (Å²) < 4.78 is 137. The Labute approximate surface area is 714 Å². The average molecular weight is 1930 g/mol. The van der Waals surface area contributed by atoms with Crippen molar-refractivity contribution in [3.63, 3.8) is 0 Å². The molecule has 9 unspecified atom stereocenters. The van der Waals surface area contributed by atoms with Crippen LogP contribution in [0.25, 0.3) is 11.2 Å². The van der Waals surface area contributed by atoms with Crippen molar-refractivity contribution >= 4 is 136 Å². The molecule has 0 radical (unpaired) electrons. The van der Waals surface area contributed by atoms with Gasteiger partial charge in [-0.2, -0.15) is 15.0 Å². The van der Waals surface area contributed by atoms with Crippen LogP contribution in [0.4, 0.5) is 17.6 Å². The molecule has 5 saturated heterocycles. The van der Waals surface area contributed by atoms with Crippen molar-refractivity contribution in [1.82, 2.24) is 63.0 Å². The van der Waals surface area contributed by atoms with E-state index in [1.165, 1.54) is 67.3 Å². The van der Waals surface area contributed by atoms with Crippen LogP contribution in [0.15, 0.2) is 81.3 Å². The molecule has 120 heavy (non-hydrogen) atoms. The second kappa shape index (κ2) is 42.4. The van der Waals surface area contributed by atoms with Crippen LogP contribution in [-0.4, -0.2) is 242 Å². The highest BCUT2D eigenvalue weighted by atomic mass is 79.9. The minimum absolute atomic E-state index is 0.0141. The molecule has 21 atom stereocenters. The largest absolute Gasteiger partial charge is 0.780 e. The van der Waals surface area contributed by atoms with Crippen LogP contribution in [0.2, 0.25) is 0 Å². The van der Waals surface area contributed by atoms with Gasteiger partial charge in [-0.25, -0.2) is 24.2 Å². The third-order valence-electron chi connectivity index (χ3n) is 19.3. The molecule has 11 rings (SSSR count). The fourth-order valence-corrected chi connectivity index (χ4v) is 20.8. The number of amides is 1. The van der Waals surface area contributed by atoms with E-state index in [-0.39, 0.29) is 129 Å². The SMILES string of the molecule is CO[C@H]1C(OP(=O)([S-])OC[C@H]2O[C@@H](n3cnc4c(=O)[nH]c(N)nc43)CC2OP(=S)([S-])OC[C@H]2O[C@@H](n3cc(C)c(=O)[nH]c3=O)CC2OP(=S)(OCCOCCOCCNC(=O)CCOCCN)OC[C@H]2O[C@@H](n3ccc(N)nc3=O)CC2C(C)C)[C@@H](COP([O-])(=S)OC2[C@@H](CO)O[C@@H](n3cc(Br)c(=O)[nH]c3=O)[C@H]2OC)O[C@H]1n1ccc(N)nc1=O. The first kappa shape index (κ1) is 95.5. The van der Waals surface area contributed by atoms with Gasteiger partial charge in [0.15, 0.2) is 30.4 Å². The number of nitrogens with one attached hydrogen (secondary N) is 4. The Hall–Kier alpha value is -5.18. The van der Waals surface area contributed by atoms with Gasteiger partial charge in [-0.15, -0.1) is 0 Å². The number of aromatic amines is 3. The number of rotatable bonds is 44. The lowest BCUT2D eigenvalue weighted by Gasteiger charge is -2.36. The summed E-state index contributed by atoms with van der Waals surface area (Å²) in [5.74, 6) is -0.948. The predicted molar refractivity (Wildman–Crippen MR) is 437 cm³/mol. The summed E-state index contributed by atoms with van der Waals surface area (Å²) in [6.07, 6.45) is -14.8.